The summed E-state index contributed by atoms with van der Waals surface area (Å²) in [5.41, 5.74) is 0.818. The molecule has 2 nitrogen and oxygen atoms in total. The van der Waals surface area contributed by atoms with Crippen molar-refractivity contribution < 1.29 is 49.4 Å². The van der Waals surface area contributed by atoms with Gasteiger partial charge in [-0.05, 0) is 35.4 Å². The number of rotatable bonds is 5. The summed E-state index contributed by atoms with van der Waals surface area (Å²) in [4.78, 5) is 0. The molecule has 0 aliphatic heterocycles. The van der Waals surface area contributed by atoms with Crippen molar-refractivity contribution in [1.82, 2.24) is 0 Å². The summed E-state index contributed by atoms with van der Waals surface area (Å²) < 4.78 is 118. The van der Waals surface area contributed by atoms with Crippen molar-refractivity contribution >= 4 is 0 Å². The Morgan fingerprint density at radius 2 is 1.00 bits per heavy atom. The molecule has 0 unspecified atom stereocenters. The number of ether oxygens (including phenoxy) is 1. The molecule has 0 saturated heterocycles. The van der Waals surface area contributed by atoms with Crippen molar-refractivity contribution in [2.75, 3.05) is 0 Å². The first-order chi connectivity index (χ1) is 12.2. The van der Waals surface area contributed by atoms with Crippen LogP contribution in [0.1, 0.15) is 0 Å². The lowest BCUT2D eigenvalue weighted by Gasteiger charge is -2.33. The Morgan fingerprint density at radius 1 is 0.593 bits per heavy atom. The second-order valence-electron chi connectivity index (χ2n) is 5.34. The van der Waals surface area contributed by atoms with Crippen molar-refractivity contribution in [3.63, 3.8) is 0 Å². The van der Waals surface area contributed by atoms with Gasteiger partial charge in [-0.15, -0.1) is 0 Å². The molecule has 0 amide bonds. The van der Waals surface area contributed by atoms with Gasteiger partial charge in [-0.1, -0.05) is 24.3 Å². The maximum Gasteiger partial charge on any atom is 0.471 e. The molecule has 0 saturated carbocycles. The van der Waals surface area contributed by atoms with Crippen LogP contribution >= 0.6 is 0 Å². The van der Waals surface area contributed by atoms with Crippen LogP contribution < -0.4 is 4.74 Å². The van der Waals surface area contributed by atoms with Gasteiger partial charge < -0.3 is 9.84 Å². The molecule has 0 fully saturated rings. The van der Waals surface area contributed by atoms with Crippen molar-refractivity contribution in [3.05, 3.63) is 48.5 Å². The minimum atomic E-state index is -7.02. The fraction of sp³-hybridized carbons (Fsp3) is 0.250. The van der Waals surface area contributed by atoms with Crippen LogP contribution in [0.3, 0.4) is 0 Å². The Labute approximate surface area is 145 Å². The number of halogens is 9. The second kappa shape index (κ2) is 6.54. The van der Waals surface area contributed by atoms with Crippen LogP contribution in [0.15, 0.2) is 48.5 Å². The van der Waals surface area contributed by atoms with Crippen molar-refractivity contribution in [2.45, 2.75) is 24.1 Å². The molecule has 2 aromatic rings. The summed E-state index contributed by atoms with van der Waals surface area (Å²) in [5, 5.41) is 9.16. The van der Waals surface area contributed by atoms with Gasteiger partial charge in [-0.2, -0.15) is 39.5 Å². The van der Waals surface area contributed by atoms with Gasteiger partial charge in [0.05, 0.1) is 0 Å². The molecule has 0 heterocycles. The number of hydrogen-bond donors (Lipinski definition) is 1. The first-order valence-corrected chi connectivity index (χ1v) is 6.98. The molecular formula is C16H9F9O2. The molecule has 0 aliphatic rings. The lowest BCUT2D eigenvalue weighted by Crippen LogP contribution is -2.62. The van der Waals surface area contributed by atoms with E-state index in [1.54, 1.807) is 0 Å². The number of aromatic hydroxyl groups is 1. The molecule has 0 aromatic heterocycles. The summed E-state index contributed by atoms with van der Waals surface area (Å²) in [7, 11) is 0. The Bertz CT molecular complexity index is 781. The third kappa shape index (κ3) is 3.76. The molecule has 0 aliphatic carbocycles. The largest absolute Gasteiger partial charge is 0.508 e. The van der Waals surface area contributed by atoms with E-state index in [1.165, 1.54) is 24.3 Å². The van der Waals surface area contributed by atoms with Gasteiger partial charge in [-0.25, -0.2) is 0 Å². The van der Waals surface area contributed by atoms with E-state index in [2.05, 4.69) is 4.74 Å². The molecule has 2 aromatic carbocycles. The first kappa shape index (κ1) is 20.7. The van der Waals surface area contributed by atoms with E-state index >= 15 is 0 Å². The van der Waals surface area contributed by atoms with E-state index in [4.69, 9.17) is 5.11 Å². The zero-order chi connectivity index (χ0) is 20.7. The Morgan fingerprint density at radius 3 is 1.41 bits per heavy atom. The fourth-order valence-corrected chi connectivity index (χ4v) is 1.94. The average molecular weight is 404 g/mol. The average Bonchev–Trinajstić information content (AvgIpc) is 2.54. The van der Waals surface area contributed by atoms with Crippen LogP contribution in [0.4, 0.5) is 39.5 Å². The van der Waals surface area contributed by atoms with E-state index in [9.17, 15) is 39.5 Å². The number of alkyl halides is 9. The minimum Gasteiger partial charge on any atom is -0.508 e. The third-order valence-electron chi connectivity index (χ3n) is 3.42. The second-order valence-corrected chi connectivity index (χ2v) is 5.34. The molecule has 0 radical (unpaired) electrons. The highest BCUT2D eigenvalue weighted by Crippen LogP contribution is 2.53. The Balaban J connectivity index is 2.26. The van der Waals surface area contributed by atoms with Gasteiger partial charge in [0.2, 0.25) is 0 Å². The van der Waals surface area contributed by atoms with Gasteiger partial charge in [0.25, 0.3) is 0 Å². The van der Waals surface area contributed by atoms with Crippen LogP contribution in [-0.4, -0.2) is 29.2 Å². The number of benzene rings is 2. The van der Waals surface area contributed by atoms with Gasteiger partial charge in [0.1, 0.15) is 11.5 Å². The van der Waals surface area contributed by atoms with E-state index in [-0.39, 0.29) is 5.75 Å². The van der Waals surface area contributed by atoms with Crippen LogP contribution in [0.5, 0.6) is 11.5 Å². The zero-order valence-electron chi connectivity index (χ0n) is 12.9. The summed E-state index contributed by atoms with van der Waals surface area (Å²) in [6, 6.07) is 9.00. The van der Waals surface area contributed by atoms with Gasteiger partial charge >= 0.3 is 24.1 Å². The highest BCUT2D eigenvalue weighted by molar-refractivity contribution is 5.64. The van der Waals surface area contributed by atoms with Crippen LogP contribution in [0.25, 0.3) is 11.1 Å². The topological polar surface area (TPSA) is 29.5 Å². The van der Waals surface area contributed by atoms with E-state index in [0.29, 0.717) is 23.3 Å². The normalized spacial score (nSPS) is 13.5. The van der Waals surface area contributed by atoms with E-state index < -0.39 is 29.9 Å². The summed E-state index contributed by atoms with van der Waals surface area (Å²) in [5.74, 6) is -15.0. The summed E-state index contributed by atoms with van der Waals surface area (Å²) >= 11 is 0. The third-order valence-corrected chi connectivity index (χ3v) is 3.42. The molecule has 2 rings (SSSR count). The molecule has 0 spiro atoms. The predicted molar refractivity (Wildman–Crippen MR) is 75.1 cm³/mol. The highest BCUT2D eigenvalue weighted by Gasteiger charge is 2.83. The SMILES string of the molecule is Oc1ccc(-c2ccc(OC(F)(F)C(F)(F)C(F)(F)C(F)(F)F)cc2)cc1. The van der Waals surface area contributed by atoms with Gasteiger partial charge in [0.15, 0.2) is 0 Å². The van der Waals surface area contributed by atoms with E-state index in [1.807, 2.05) is 0 Å². The molecule has 11 heteroatoms. The maximum absolute atomic E-state index is 13.4. The zero-order valence-corrected chi connectivity index (χ0v) is 12.9. The molecule has 1 N–H and O–H groups in total. The monoisotopic (exact) mass is 404 g/mol. The minimum absolute atomic E-state index is 0.0637. The van der Waals surface area contributed by atoms with Crippen LogP contribution in [0, 0.1) is 0 Å². The number of hydrogen-bond acceptors (Lipinski definition) is 2. The molecule has 148 valence electrons. The lowest BCUT2D eigenvalue weighted by molar-refractivity contribution is -0.428. The van der Waals surface area contributed by atoms with Crippen molar-refractivity contribution in [3.8, 4) is 22.6 Å². The first-order valence-electron chi connectivity index (χ1n) is 6.98. The maximum atomic E-state index is 13.4. The lowest BCUT2D eigenvalue weighted by atomic mass is 10.1. The Hall–Kier alpha value is -2.59. The van der Waals surface area contributed by atoms with Gasteiger partial charge in [-0.3, -0.25) is 0 Å². The molecule has 0 bridgehead atoms. The van der Waals surface area contributed by atoms with Crippen LogP contribution in [-0.2, 0) is 0 Å². The van der Waals surface area contributed by atoms with Crippen molar-refractivity contribution in [1.29, 1.82) is 0 Å². The Kier molecular flexibility index (Phi) is 5.02. The molecular weight excluding hydrogens is 395 g/mol. The fourth-order valence-electron chi connectivity index (χ4n) is 1.94. The smallest absolute Gasteiger partial charge is 0.471 e. The molecule has 0 atom stereocenters. The number of phenolic OH excluding ortho intramolecular Hbond substituents is 1. The highest BCUT2D eigenvalue weighted by atomic mass is 19.4. The quantitative estimate of drug-likeness (QED) is 0.633. The van der Waals surface area contributed by atoms with Crippen molar-refractivity contribution in [2.24, 2.45) is 0 Å². The van der Waals surface area contributed by atoms with E-state index in [0.717, 1.165) is 12.1 Å². The molecule has 27 heavy (non-hydrogen) atoms. The predicted octanol–water partition coefficient (Wildman–Crippen LogP) is 5.86. The standard InChI is InChI=1S/C16H9F9O2/c17-13(18,15(21,22)23)14(19,20)16(24,25)27-12-7-3-10(4-8-12)9-1-5-11(26)6-2-9/h1-8,26H. The summed E-state index contributed by atoms with van der Waals surface area (Å²) in [6.07, 6.45) is -13.1. The van der Waals surface area contributed by atoms with Crippen LogP contribution in [0.2, 0.25) is 0 Å². The van der Waals surface area contributed by atoms with Gasteiger partial charge in [0, 0.05) is 0 Å². The summed E-state index contributed by atoms with van der Waals surface area (Å²) in [6.45, 7) is 0. The number of phenols is 1.